The summed E-state index contributed by atoms with van der Waals surface area (Å²) in [6.45, 7) is 3.10. The molecule has 4 rings (SSSR count). The normalized spacial score (nSPS) is 13.8. The van der Waals surface area contributed by atoms with Crippen LogP contribution in [0.3, 0.4) is 0 Å². The molecule has 1 fully saturated rings. The number of likely N-dealkylation sites (N-methyl/N-ethyl adjacent to an activating group) is 1. The molecular weight excluding hydrogens is 424 g/mol. The molecule has 0 saturated carbocycles. The third-order valence-corrected chi connectivity index (χ3v) is 6.04. The first-order chi connectivity index (χ1) is 15.5. The molecule has 2 heterocycles. The van der Waals surface area contributed by atoms with E-state index in [2.05, 4.69) is 22.1 Å². The highest BCUT2D eigenvalue weighted by Crippen LogP contribution is 2.30. The van der Waals surface area contributed by atoms with Gasteiger partial charge in [0, 0.05) is 49.1 Å². The Morgan fingerprint density at radius 2 is 1.88 bits per heavy atom. The summed E-state index contributed by atoms with van der Waals surface area (Å²) in [6.07, 6.45) is 0. The Bertz CT molecular complexity index is 1190. The van der Waals surface area contributed by atoms with Crippen LogP contribution in [0.15, 0.2) is 60.0 Å². The minimum absolute atomic E-state index is 0.0576. The molecule has 1 saturated heterocycles. The maximum absolute atomic E-state index is 12.8. The van der Waals surface area contributed by atoms with Crippen molar-refractivity contribution in [1.29, 1.82) is 0 Å². The highest BCUT2D eigenvalue weighted by atomic mass is 32.1. The average Bonchev–Trinajstić information content (AvgIpc) is 3.32. The molecular formula is C24H22N4O3S. The van der Waals surface area contributed by atoms with Crippen LogP contribution in [0.25, 0.3) is 0 Å². The van der Waals surface area contributed by atoms with Gasteiger partial charge in [0.1, 0.15) is 5.69 Å². The number of hydrogen-bond donors (Lipinski definition) is 1. The van der Waals surface area contributed by atoms with Gasteiger partial charge in [-0.25, -0.2) is 0 Å². The number of carbonyl (C=O) groups is 1. The molecule has 0 unspecified atom stereocenters. The summed E-state index contributed by atoms with van der Waals surface area (Å²) in [4.78, 5) is 29.2. The van der Waals surface area contributed by atoms with E-state index in [9.17, 15) is 14.9 Å². The van der Waals surface area contributed by atoms with E-state index in [1.54, 1.807) is 35.6 Å². The quantitative estimate of drug-likeness (QED) is 0.371. The van der Waals surface area contributed by atoms with E-state index in [0.29, 0.717) is 24.5 Å². The van der Waals surface area contributed by atoms with Crippen molar-refractivity contribution in [3.05, 3.63) is 86.1 Å². The van der Waals surface area contributed by atoms with Crippen LogP contribution in [-0.2, 0) is 0 Å². The number of nitrogens with zero attached hydrogens (tertiary/aromatic N) is 3. The van der Waals surface area contributed by atoms with E-state index in [-0.39, 0.29) is 11.3 Å². The van der Waals surface area contributed by atoms with Crippen molar-refractivity contribution < 1.29 is 9.72 Å². The largest absolute Gasteiger partial charge is 0.363 e. The van der Waals surface area contributed by atoms with Gasteiger partial charge in [-0.2, -0.15) is 0 Å². The number of nitro benzene ring substituents is 1. The SMILES string of the molecule is CN1CCN(c2ccc(C(=O)Nc3cccc(C#Cc4cccs4)c3)cc2[N+](=O)[O-])CC1. The van der Waals surface area contributed by atoms with Gasteiger partial charge in [-0.05, 0) is 48.8 Å². The lowest BCUT2D eigenvalue weighted by molar-refractivity contribution is -0.384. The molecule has 1 N–H and O–H groups in total. The molecule has 0 bridgehead atoms. The van der Waals surface area contributed by atoms with Gasteiger partial charge in [0.2, 0.25) is 0 Å². The van der Waals surface area contributed by atoms with Crippen molar-refractivity contribution in [2.24, 2.45) is 0 Å². The first kappa shape index (κ1) is 21.6. The second-order valence-electron chi connectivity index (χ2n) is 7.51. The second kappa shape index (κ2) is 9.64. The smallest absolute Gasteiger partial charge is 0.293 e. The van der Waals surface area contributed by atoms with Crippen molar-refractivity contribution in [2.45, 2.75) is 0 Å². The fourth-order valence-corrected chi connectivity index (χ4v) is 4.06. The van der Waals surface area contributed by atoms with Gasteiger partial charge < -0.3 is 15.1 Å². The predicted molar refractivity (Wildman–Crippen MR) is 128 cm³/mol. The van der Waals surface area contributed by atoms with Gasteiger partial charge in [0.25, 0.3) is 11.6 Å². The first-order valence-electron chi connectivity index (χ1n) is 10.2. The summed E-state index contributed by atoms with van der Waals surface area (Å²) in [5.74, 6) is 5.77. The highest BCUT2D eigenvalue weighted by Gasteiger charge is 2.24. The second-order valence-corrected chi connectivity index (χ2v) is 8.46. The van der Waals surface area contributed by atoms with Crippen molar-refractivity contribution >= 4 is 34.3 Å². The summed E-state index contributed by atoms with van der Waals surface area (Å²) in [5, 5.41) is 16.5. The Balaban J connectivity index is 1.51. The number of thiophene rings is 1. The highest BCUT2D eigenvalue weighted by molar-refractivity contribution is 7.10. The van der Waals surface area contributed by atoms with Crippen molar-refractivity contribution in [3.63, 3.8) is 0 Å². The molecule has 1 aliphatic heterocycles. The zero-order chi connectivity index (χ0) is 22.5. The average molecular weight is 447 g/mol. The number of piperazine rings is 1. The van der Waals surface area contributed by atoms with Crippen molar-refractivity contribution in [2.75, 3.05) is 43.4 Å². The molecule has 8 heteroatoms. The van der Waals surface area contributed by atoms with Crippen LogP contribution in [0.2, 0.25) is 0 Å². The summed E-state index contributed by atoms with van der Waals surface area (Å²) in [5.41, 5.74) is 2.08. The molecule has 0 radical (unpaired) electrons. The zero-order valence-corrected chi connectivity index (χ0v) is 18.4. The summed E-state index contributed by atoms with van der Waals surface area (Å²) in [6, 6.07) is 15.8. The molecule has 2 aromatic carbocycles. The van der Waals surface area contributed by atoms with Crippen LogP contribution in [0.4, 0.5) is 17.1 Å². The maximum Gasteiger partial charge on any atom is 0.293 e. The number of hydrogen-bond acceptors (Lipinski definition) is 6. The predicted octanol–water partition coefficient (Wildman–Crippen LogP) is 4.06. The Morgan fingerprint density at radius 1 is 1.06 bits per heavy atom. The fraction of sp³-hybridized carbons (Fsp3) is 0.208. The Hall–Kier alpha value is -3.67. The van der Waals surface area contributed by atoms with E-state index in [1.807, 2.05) is 41.6 Å². The lowest BCUT2D eigenvalue weighted by Gasteiger charge is -2.33. The molecule has 32 heavy (non-hydrogen) atoms. The maximum atomic E-state index is 12.8. The van der Waals surface area contributed by atoms with E-state index in [1.165, 1.54) is 6.07 Å². The fourth-order valence-electron chi connectivity index (χ4n) is 3.49. The number of rotatable bonds is 4. The molecule has 0 spiro atoms. The standard InChI is InChI=1S/C24H22N4O3S/c1-26-11-13-27(14-12-26)22-10-8-19(17-23(22)28(30)31)24(29)25-20-5-2-4-18(16-20)7-9-21-6-3-15-32-21/h2-6,8,10,15-17H,11-14H2,1H3,(H,25,29). The monoisotopic (exact) mass is 446 g/mol. The minimum atomic E-state index is -0.425. The van der Waals surface area contributed by atoms with Crippen LogP contribution in [0.1, 0.15) is 20.8 Å². The van der Waals surface area contributed by atoms with Crippen LogP contribution >= 0.6 is 11.3 Å². The van der Waals surface area contributed by atoms with Gasteiger partial charge in [0.05, 0.1) is 9.80 Å². The van der Waals surface area contributed by atoms with E-state index in [4.69, 9.17) is 0 Å². The molecule has 162 valence electrons. The third-order valence-electron chi connectivity index (χ3n) is 5.25. The summed E-state index contributed by atoms with van der Waals surface area (Å²) < 4.78 is 0. The number of benzene rings is 2. The van der Waals surface area contributed by atoms with E-state index < -0.39 is 10.8 Å². The number of carbonyl (C=O) groups excluding carboxylic acids is 1. The van der Waals surface area contributed by atoms with Gasteiger partial charge >= 0.3 is 0 Å². The van der Waals surface area contributed by atoms with Gasteiger partial charge in [-0.1, -0.05) is 24.0 Å². The van der Waals surface area contributed by atoms with Crippen LogP contribution in [0.5, 0.6) is 0 Å². The number of nitrogens with one attached hydrogen (secondary N) is 1. The summed E-state index contributed by atoms with van der Waals surface area (Å²) >= 11 is 1.57. The van der Waals surface area contributed by atoms with Gasteiger partial charge in [0.15, 0.2) is 0 Å². The lowest BCUT2D eigenvalue weighted by Crippen LogP contribution is -2.44. The molecule has 3 aromatic rings. The topological polar surface area (TPSA) is 78.7 Å². The molecule has 0 aliphatic carbocycles. The van der Waals surface area contributed by atoms with Crippen LogP contribution < -0.4 is 10.2 Å². The summed E-state index contributed by atoms with van der Waals surface area (Å²) in [7, 11) is 2.03. The number of nitro groups is 1. The molecule has 1 aromatic heterocycles. The Morgan fingerprint density at radius 3 is 2.59 bits per heavy atom. The van der Waals surface area contributed by atoms with Crippen molar-refractivity contribution in [3.8, 4) is 11.8 Å². The van der Waals surface area contributed by atoms with E-state index >= 15 is 0 Å². The first-order valence-corrected chi connectivity index (χ1v) is 11.1. The number of anilines is 2. The van der Waals surface area contributed by atoms with E-state index in [0.717, 1.165) is 23.5 Å². The third kappa shape index (κ3) is 5.14. The molecule has 0 atom stereocenters. The molecule has 1 aliphatic rings. The lowest BCUT2D eigenvalue weighted by atomic mass is 10.1. The number of amides is 1. The molecule has 1 amide bonds. The molecule has 7 nitrogen and oxygen atoms in total. The van der Waals surface area contributed by atoms with Gasteiger partial charge in [-0.15, -0.1) is 11.3 Å². The minimum Gasteiger partial charge on any atom is -0.363 e. The Kier molecular flexibility index (Phi) is 6.50. The Labute approximate surface area is 190 Å². The van der Waals surface area contributed by atoms with Crippen LogP contribution in [0, 0.1) is 22.0 Å². The van der Waals surface area contributed by atoms with Crippen molar-refractivity contribution in [1.82, 2.24) is 4.90 Å². The van der Waals surface area contributed by atoms with Crippen LogP contribution in [-0.4, -0.2) is 49.0 Å². The zero-order valence-electron chi connectivity index (χ0n) is 17.6. The van der Waals surface area contributed by atoms with Gasteiger partial charge in [-0.3, -0.25) is 14.9 Å².